The average Bonchev–Trinajstić information content (AvgIpc) is 2.55. The Bertz CT molecular complexity index is 378. The summed E-state index contributed by atoms with van der Waals surface area (Å²) in [5.74, 6) is 0. The van der Waals surface area contributed by atoms with E-state index in [9.17, 15) is 35.7 Å². The maximum Gasteiger partial charge on any atom is 0.187 e. The van der Waals surface area contributed by atoms with Crippen molar-refractivity contribution in [2.24, 2.45) is 0 Å². The van der Waals surface area contributed by atoms with E-state index < -0.39 is 74.6 Å². The third-order valence-electron chi connectivity index (χ3n) is 3.98. The summed E-state index contributed by atoms with van der Waals surface area (Å²) in [7, 11) is 0. The van der Waals surface area contributed by atoms with Crippen molar-refractivity contribution in [3.05, 3.63) is 0 Å². The minimum Gasteiger partial charge on any atom is -0.394 e. The third-order valence-corrected chi connectivity index (χ3v) is 3.98. The smallest absolute Gasteiger partial charge is 0.187 e. The molecule has 2 fully saturated rings. The van der Waals surface area contributed by atoms with Crippen LogP contribution in [-0.2, 0) is 14.2 Å². The Morgan fingerprint density at radius 1 is 0.652 bits per heavy atom. The predicted molar refractivity (Wildman–Crippen MR) is 68.6 cm³/mol. The highest BCUT2D eigenvalue weighted by Crippen LogP contribution is 2.28. The van der Waals surface area contributed by atoms with Crippen molar-refractivity contribution in [2.45, 2.75) is 61.4 Å². The second-order valence-electron chi connectivity index (χ2n) is 5.53. The van der Waals surface area contributed by atoms with Gasteiger partial charge in [-0.15, -0.1) is 0 Å². The van der Waals surface area contributed by atoms with Crippen molar-refractivity contribution < 1.29 is 55.1 Å². The molecule has 0 aromatic heterocycles. The zero-order chi connectivity index (χ0) is 17.3. The van der Waals surface area contributed by atoms with Gasteiger partial charge in [-0.2, -0.15) is 0 Å². The summed E-state index contributed by atoms with van der Waals surface area (Å²) in [5, 5.41) is 76.5. The van der Waals surface area contributed by atoms with Crippen LogP contribution in [0.25, 0.3) is 0 Å². The van der Waals surface area contributed by atoms with E-state index in [1.807, 2.05) is 0 Å². The van der Waals surface area contributed by atoms with Crippen LogP contribution in [-0.4, -0.2) is 115 Å². The highest BCUT2D eigenvalue weighted by Gasteiger charge is 2.50. The topological polar surface area (TPSA) is 190 Å². The van der Waals surface area contributed by atoms with Gasteiger partial charge in [0.2, 0.25) is 0 Å². The second-order valence-corrected chi connectivity index (χ2v) is 5.53. The molecule has 2 aliphatic heterocycles. The highest BCUT2D eigenvalue weighted by atomic mass is 16.7. The number of rotatable bonds is 4. The number of hydrogen-bond donors (Lipinski definition) is 8. The highest BCUT2D eigenvalue weighted by molar-refractivity contribution is 4.93. The van der Waals surface area contributed by atoms with Crippen molar-refractivity contribution in [2.75, 3.05) is 13.2 Å². The van der Waals surface area contributed by atoms with Crippen LogP contribution in [0.5, 0.6) is 0 Å². The Morgan fingerprint density at radius 3 is 1.83 bits per heavy atom. The molecule has 8 N–H and O–H groups in total. The zero-order valence-corrected chi connectivity index (χ0v) is 12.0. The zero-order valence-electron chi connectivity index (χ0n) is 12.0. The molecule has 6 unspecified atom stereocenters. The van der Waals surface area contributed by atoms with Gasteiger partial charge < -0.3 is 55.1 Å². The van der Waals surface area contributed by atoms with Crippen LogP contribution in [0.3, 0.4) is 0 Å². The fraction of sp³-hybridized carbons (Fsp3) is 1.00. The first-order valence-electron chi connectivity index (χ1n) is 7.08. The molecule has 136 valence electrons. The van der Waals surface area contributed by atoms with Gasteiger partial charge in [-0.1, -0.05) is 0 Å². The fourth-order valence-corrected chi connectivity index (χ4v) is 2.57. The Kier molecular flexibility index (Phi) is 6.27. The van der Waals surface area contributed by atoms with Crippen LogP contribution in [0, 0.1) is 0 Å². The van der Waals surface area contributed by atoms with Crippen molar-refractivity contribution in [1.82, 2.24) is 0 Å². The normalized spacial score (nSPS) is 51.7. The Hall–Kier alpha value is -0.440. The molecule has 0 aromatic rings. The van der Waals surface area contributed by atoms with Crippen molar-refractivity contribution in [3.63, 3.8) is 0 Å². The Labute approximate surface area is 130 Å². The van der Waals surface area contributed by atoms with E-state index in [4.69, 9.17) is 19.3 Å². The summed E-state index contributed by atoms with van der Waals surface area (Å²) in [6.45, 7) is -1.35. The van der Waals surface area contributed by atoms with Crippen LogP contribution >= 0.6 is 0 Å². The maximum absolute atomic E-state index is 9.94. The van der Waals surface area contributed by atoms with Crippen LogP contribution in [0.1, 0.15) is 0 Å². The summed E-state index contributed by atoms with van der Waals surface area (Å²) < 4.78 is 15.3. The lowest BCUT2D eigenvalue weighted by Crippen LogP contribution is -2.64. The number of ether oxygens (including phenoxy) is 3. The molecule has 0 radical (unpaired) electrons. The molecule has 0 bridgehead atoms. The van der Waals surface area contributed by atoms with Crippen LogP contribution in [0.4, 0.5) is 0 Å². The largest absolute Gasteiger partial charge is 0.394 e. The summed E-state index contributed by atoms with van der Waals surface area (Å²) in [6.07, 6.45) is -15.6. The second kappa shape index (κ2) is 7.63. The monoisotopic (exact) mass is 342 g/mol. The van der Waals surface area contributed by atoms with Crippen molar-refractivity contribution >= 4 is 0 Å². The molecule has 2 saturated heterocycles. The number of aliphatic hydroxyl groups is 8. The molecule has 2 heterocycles. The molecule has 0 amide bonds. The minimum atomic E-state index is -1.74. The van der Waals surface area contributed by atoms with Crippen molar-refractivity contribution in [1.29, 1.82) is 0 Å². The van der Waals surface area contributed by atoms with E-state index in [1.54, 1.807) is 0 Å². The first-order valence-corrected chi connectivity index (χ1v) is 7.08. The first-order chi connectivity index (χ1) is 10.8. The van der Waals surface area contributed by atoms with Crippen LogP contribution in [0.2, 0.25) is 0 Å². The number of hydrogen-bond acceptors (Lipinski definition) is 11. The molecule has 23 heavy (non-hydrogen) atoms. The van der Waals surface area contributed by atoms with Gasteiger partial charge in [0.05, 0.1) is 13.2 Å². The van der Waals surface area contributed by atoms with E-state index in [0.717, 1.165) is 0 Å². The van der Waals surface area contributed by atoms with Gasteiger partial charge in [0.1, 0.15) is 48.8 Å². The molecule has 2 aliphatic rings. The molecule has 10 atom stereocenters. The molecule has 2 rings (SSSR count). The SMILES string of the molecule is OCC1O[C@H](O[C@@H]2C(CO)O[C@@H](O)C(O)C2O)C(O)C(O)[C@@H]1O. The Balaban J connectivity index is 2.11. The minimum absolute atomic E-state index is 0.667. The van der Waals surface area contributed by atoms with E-state index in [-0.39, 0.29) is 0 Å². The summed E-state index contributed by atoms with van der Waals surface area (Å²) in [5.41, 5.74) is 0. The van der Waals surface area contributed by atoms with Gasteiger partial charge in [0.15, 0.2) is 12.6 Å². The maximum atomic E-state index is 9.94. The van der Waals surface area contributed by atoms with E-state index in [1.165, 1.54) is 0 Å². The lowest BCUT2D eigenvalue weighted by Gasteiger charge is -2.45. The van der Waals surface area contributed by atoms with E-state index in [0.29, 0.717) is 0 Å². The molecular weight excluding hydrogens is 320 g/mol. The molecule has 11 heteroatoms. The summed E-state index contributed by atoms with van der Waals surface area (Å²) in [6, 6.07) is 0. The van der Waals surface area contributed by atoms with E-state index in [2.05, 4.69) is 0 Å². The fourth-order valence-electron chi connectivity index (χ4n) is 2.57. The standard InChI is InChI=1S/C12H22O11/c13-1-3-5(15)6(16)9(19)12(22-3)23-10-4(2-14)21-11(20)8(18)7(10)17/h3-20H,1-2H2/t3?,4?,5-,6?,7?,8?,9?,10-,11-,12-/m1/s1. The lowest BCUT2D eigenvalue weighted by atomic mass is 9.97. The molecule has 0 saturated carbocycles. The molecule has 11 nitrogen and oxygen atoms in total. The van der Waals surface area contributed by atoms with E-state index >= 15 is 0 Å². The predicted octanol–water partition coefficient (Wildman–Crippen LogP) is -5.40. The van der Waals surface area contributed by atoms with Gasteiger partial charge in [-0.25, -0.2) is 0 Å². The average molecular weight is 342 g/mol. The molecule has 0 aromatic carbocycles. The lowest BCUT2D eigenvalue weighted by molar-refractivity contribution is -0.355. The molecule has 0 aliphatic carbocycles. The summed E-state index contributed by atoms with van der Waals surface area (Å²) >= 11 is 0. The van der Waals surface area contributed by atoms with Gasteiger partial charge >= 0.3 is 0 Å². The molecular formula is C12H22O11. The third kappa shape index (κ3) is 3.65. The van der Waals surface area contributed by atoms with Gasteiger partial charge in [-0.05, 0) is 0 Å². The first kappa shape index (κ1) is 18.9. The number of aliphatic hydroxyl groups excluding tert-OH is 8. The molecule has 0 spiro atoms. The van der Waals surface area contributed by atoms with Crippen molar-refractivity contribution in [3.8, 4) is 0 Å². The van der Waals surface area contributed by atoms with Crippen LogP contribution < -0.4 is 0 Å². The summed E-state index contributed by atoms with van der Waals surface area (Å²) in [4.78, 5) is 0. The van der Waals surface area contributed by atoms with Gasteiger partial charge in [0.25, 0.3) is 0 Å². The van der Waals surface area contributed by atoms with Gasteiger partial charge in [0, 0.05) is 0 Å². The van der Waals surface area contributed by atoms with Gasteiger partial charge in [-0.3, -0.25) is 0 Å². The Morgan fingerprint density at radius 2 is 1.26 bits per heavy atom. The van der Waals surface area contributed by atoms with Crippen LogP contribution in [0.15, 0.2) is 0 Å². The quantitative estimate of drug-likeness (QED) is 0.243.